The second-order valence-electron chi connectivity index (χ2n) is 9.10. The van der Waals surface area contributed by atoms with Gasteiger partial charge in [0.15, 0.2) is 5.65 Å². The molecule has 1 aliphatic rings. The normalized spacial score (nSPS) is 16.4. The molecule has 1 fully saturated rings. The van der Waals surface area contributed by atoms with Crippen molar-refractivity contribution in [2.75, 3.05) is 16.8 Å². The fraction of sp³-hybridized carbons (Fsp3) is 0.321. The van der Waals surface area contributed by atoms with Crippen LogP contribution in [0.2, 0.25) is 0 Å². The molecule has 1 unspecified atom stereocenters. The summed E-state index contributed by atoms with van der Waals surface area (Å²) in [5.41, 5.74) is 7.47. The van der Waals surface area contributed by atoms with E-state index in [2.05, 4.69) is 85.4 Å². The molecule has 0 bridgehead atoms. The van der Waals surface area contributed by atoms with Crippen LogP contribution in [-0.2, 0) is 0 Å². The number of allylic oxidation sites excluding steroid dienone is 2. The first kappa shape index (κ1) is 22.1. The van der Waals surface area contributed by atoms with Crippen molar-refractivity contribution in [1.82, 2.24) is 19.6 Å². The van der Waals surface area contributed by atoms with E-state index in [1.54, 1.807) is 6.20 Å². The molecule has 34 heavy (non-hydrogen) atoms. The Labute approximate surface area is 201 Å². The number of fused-ring (bicyclic) bond motifs is 1. The van der Waals surface area contributed by atoms with E-state index in [9.17, 15) is 0 Å². The minimum atomic E-state index is 0.523. The van der Waals surface area contributed by atoms with Crippen LogP contribution in [0.15, 0.2) is 60.9 Å². The van der Waals surface area contributed by atoms with Crippen LogP contribution >= 0.6 is 0 Å². The van der Waals surface area contributed by atoms with E-state index in [0.717, 1.165) is 47.2 Å². The van der Waals surface area contributed by atoms with Gasteiger partial charge in [0.05, 0.1) is 11.4 Å². The first-order valence-electron chi connectivity index (χ1n) is 12.2. The number of hydrogen-bond acceptors (Lipinski definition) is 5. The molecule has 0 saturated carbocycles. The molecular formula is C28H32N6. The molecule has 0 amide bonds. The summed E-state index contributed by atoms with van der Waals surface area (Å²) in [6, 6.07) is 15.2. The smallest absolute Gasteiger partial charge is 0.177 e. The summed E-state index contributed by atoms with van der Waals surface area (Å²) >= 11 is 0. The van der Waals surface area contributed by atoms with Crippen LogP contribution in [0.25, 0.3) is 22.5 Å². The molecule has 4 aromatic rings. The lowest BCUT2D eigenvalue weighted by molar-refractivity contribution is 0.727. The van der Waals surface area contributed by atoms with Crippen molar-refractivity contribution in [3.63, 3.8) is 0 Å². The molecule has 3 aromatic heterocycles. The zero-order valence-corrected chi connectivity index (χ0v) is 20.4. The Bertz CT molecular complexity index is 1350. The van der Waals surface area contributed by atoms with Crippen LogP contribution in [0.1, 0.15) is 51.2 Å². The topological polar surface area (TPSA) is 58.3 Å². The standard InChI is InChI=1S/C28H32N6/c1-5-9-19(2)22-11-6-12-23(21(22)4)24-18-25(28-29-15-17-34(28)32-24)30-26-13-7-14-27(31-26)33-16-8-10-20(33)3/h6-7,9,11-15,17-18,20H,5,8,10,16H2,1-4H3,(H,30,31)/b19-9-. The van der Waals surface area contributed by atoms with Gasteiger partial charge in [0.25, 0.3) is 0 Å². The number of anilines is 3. The van der Waals surface area contributed by atoms with Gasteiger partial charge in [-0.15, -0.1) is 0 Å². The zero-order valence-electron chi connectivity index (χ0n) is 20.4. The molecule has 1 atom stereocenters. The van der Waals surface area contributed by atoms with Crippen molar-refractivity contribution in [3.05, 3.63) is 72.1 Å². The van der Waals surface area contributed by atoms with Gasteiger partial charge in [0, 0.05) is 30.5 Å². The highest BCUT2D eigenvalue weighted by Crippen LogP contribution is 2.32. The zero-order chi connectivity index (χ0) is 23.7. The van der Waals surface area contributed by atoms with Crippen LogP contribution in [0, 0.1) is 6.92 Å². The van der Waals surface area contributed by atoms with Crippen molar-refractivity contribution in [1.29, 1.82) is 0 Å². The summed E-state index contributed by atoms with van der Waals surface area (Å²) in [6.45, 7) is 9.85. The number of rotatable bonds is 6. The molecule has 1 N–H and O–H groups in total. The Balaban J connectivity index is 1.54. The number of nitrogens with zero attached hydrogens (tertiary/aromatic N) is 5. The van der Waals surface area contributed by atoms with Gasteiger partial charge in [0.1, 0.15) is 11.6 Å². The van der Waals surface area contributed by atoms with E-state index in [0.29, 0.717) is 6.04 Å². The fourth-order valence-electron chi connectivity index (χ4n) is 4.96. The Kier molecular flexibility index (Phi) is 6.05. The monoisotopic (exact) mass is 452 g/mol. The molecule has 6 heteroatoms. The molecule has 0 aliphatic carbocycles. The number of pyridine rings is 1. The Morgan fingerprint density at radius 2 is 2.06 bits per heavy atom. The van der Waals surface area contributed by atoms with Gasteiger partial charge >= 0.3 is 0 Å². The maximum absolute atomic E-state index is 4.92. The predicted octanol–water partition coefficient (Wildman–Crippen LogP) is 6.65. The van der Waals surface area contributed by atoms with Crippen molar-refractivity contribution >= 4 is 28.5 Å². The highest BCUT2D eigenvalue weighted by atomic mass is 15.3. The van der Waals surface area contributed by atoms with Crippen molar-refractivity contribution in [3.8, 4) is 11.3 Å². The quantitative estimate of drug-likeness (QED) is 0.355. The molecule has 1 saturated heterocycles. The molecule has 0 radical (unpaired) electrons. The van der Waals surface area contributed by atoms with E-state index in [1.165, 1.54) is 29.5 Å². The van der Waals surface area contributed by atoms with Crippen LogP contribution in [0.5, 0.6) is 0 Å². The molecule has 5 rings (SSSR count). The highest BCUT2D eigenvalue weighted by Gasteiger charge is 2.22. The van der Waals surface area contributed by atoms with Crippen LogP contribution in [-0.4, -0.2) is 32.2 Å². The van der Waals surface area contributed by atoms with Crippen LogP contribution in [0.4, 0.5) is 17.3 Å². The van der Waals surface area contributed by atoms with Crippen LogP contribution in [0.3, 0.4) is 0 Å². The van der Waals surface area contributed by atoms with Gasteiger partial charge in [0.2, 0.25) is 0 Å². The number of hydrogen-bond donors (Lipinski definition) is 1. The lowest BCUT2D eigenvalue weighted by Crippen LogP contribution is -2.27. The van der Waals surface area contributed by atoms with Gasteiger partial charge in [-0.3, -0.25) is 0 Å². The summed E-state index contributed by atoms with van der Waals surface area (Å²) in [5, 5.41) is 8.40. The Hall–Kier alpha value is -3.67. The Morgan fingerprint density at radius 3 is 2.85 bits per heavy atom. The first-order valence-corrected chi connectivity index (χ1v) is 12.2. The lowest BCUT2D eigenvalue weighted by Gasteiger charge is -2.23. The van der Waals surface area contributed by atoms with Crippen molar-refractivity contribution in [2.24, 2.45) is 0 Å². The number of benzene rings is 1. The van der Waals surface area contributed by atoms with Gasteiger partial charge in [-0.05, 0) is 74.9 Å². The van der Waals surface area contributed by atoms with Crippen molar-refractivity contribution in [2.45, 2.75) is 53.0 Å². The molecular weight excluding hydrogens is 420 g/mol. The van der Waals surface area contributed by atoms with Gasteiger partial charge in [-0.25, -0.2) is 14.5 Å². The van der Waals surface area contributed by atoms with Gasteiger partial charge in [-0.1, -0.05) is 37.3 Å². The molecule has 1 aliphatic heterocycles. The predicted molar refractivity (Wildman–Crippen MR) is 141 cm³/mol. The number of nitrogens with one attached hydrogen (secondary N) is 1. The third-order valence-electron chi connectivity index (χ3n) is 6.75. The summed E-state index contributed by atoms with van der Waals surface area (Å²) in [4.78, 5) is 11.8. The highest BCUT2D eigenvalue weighted by molar-refractivity contribution is 5.80. The van der Waals surface area contributed by atoms with E-state index in [4.69, 9.17) is 10.1 Å². The average molecular weight is 453 g/mol. The van der Waals surface area contributed by atoms with Gasteiger partial charge in [-0.2, -0.15) is 5.10 Å². The van der Waals surface area contributed by atoms with E-state index in [1.807, 2.05) is 16.8 Å². The minimum absolute atomic E-state index is 0.523. The lowest BCUT2D eigenvalue weighted by atomic mass is 9.95. The van der Waals surface area contributed by atoms with E-state index < -0.39 is 0 Å². The third kappa shape index (κ3) is 4.16. The molecule has 6 nitrogen and oxygen atoms in total. The van der Waals surface area contributed by atoms with Crippen LogP contribution < -0.4 is 10.2 Å². The molecule has 1 aromatic carbocycles. The summed E-state index contributed by atoms with van der Waals surface area (Å²) in [6.07, 6.45) is 9.39. The average Bonchev–Trinajstić information content (AvgIpc) is 3.48. The van der Waals surface area contributed by atoms with Crippen molar-refractivity contribution < 1.29 is 0 Å². The number of imidazole rings is 1. The maximum Gasteiger partial charge on any atom is 0.177 e. The molecule has 0 spiro atoms. The largest absolute Gasteiger partial charge is 0.354 e. The second-order valence-corrected chi connectivity index (χ2v) is 9.10. The summed E-state index contributed by atoms with van der Waals surface area (Å²) < 4.78 is 1.84. The number of aromatic nitrogens is 4. The summed E-state index contributed by atoms with van der Waals surface area (Å²) in [5.74, 6) is 1.83. The summed E-state index contributed by atoms with van der Waals surface area (Å²) in [7, 11) is 0. The SMILES string of the molecule is CC/C=C(/C)c1cccc(-c2cc(Nc3cccc(N4CCCC4C)n3)c3nccn3n2)c1C. The fourth-order valence-corrected chi connectivity index (χ4v) is 4.96. The van der Waals surface area contributed by atoms with E-state index in [-0.39, 0.29) is 0 Å². The van der Waals surface area contributed by atoms with E-state index >= 15 is 0 Å². The third-order valence-corrected chi connectivity index (χ3v) is 6.75. The maximum atomic E-state index is 4.92. The Morgan fingerprint density at radius 1 is 1.21 bits per heavy atom. The van der Waals surface area contributed by atoms with Gasteiger partial charge < -0.3 is 10.2 Å². The minimum Gasteiger partial charge on any atom is -0.354 e. The first-order chi connectivity index (χ1) is 16.5. The second kappa shape index (κ2) is 9.29. The molecule has 4 heterocycles. The molecule has 174 valence electrons.